The molecule has 0 spiro atoms. The molecule has 5 rings (SSSR count). The molecule has 1 aromatic heterocycles. The van der Waals surface area contributed by atoms with Crippen molar-refractivity contribution in [1.82, 2.24) is 5.16 Å². The molecule has 0 unspecified atom stereocenters. The number of allylic oxidation sites excluding steroid dienone is 1. The smallest absolute Gasteiger partial charge is 0.316 e. The number of esters is 1. The second-order valence-electron chi connectivity index (χ2n) is 9.36. The van der Waals surface area contributed by atoms with E-state index in [9.17, 15) is 4.79 Å². The van der Waals surface area contributed by atoms with Crippen LogP contribution in [0, 0.1) is 6.92 Å². The lowest BCUT2D eigenvalue weighted by atomic mass is 9.88. The quantitative estimate of drug-likeness (QED) is 0.233. The number of aromatic nitrogens is 1. The van der Waals surface area contributed by atoms with Crippen molar-refractivity contribution in [2.45, 2.75) is 44.9 Å². The molecule has 0 amide bonds. The molecule has 1 aliphatic carbocycles. The molecule has 0 bridgehead atoms. The number of ether oxygens (including phenoxy) is 1. The third-order valence-electron chi connectivity index (χ3n) is 6.95. The van der Waals surface area contributed by atoms with E-state index in [4.69, 9.17) is 9.26 Å². The molecule has 1 aliphatic rings. The van der Waals surface area contributed by atoms with Crippen LogP contribution in [-0.2, 0) is 21.4 Å². The molecule has 0 atom stereocenters. The second kappa shape index (κ2) is 10.4. The molecule has 1 fully saturated rings. The molecule has 36 heavy (non-hydrogen) atoms. The minimum absolute atomic E-state index is 0.116. The molecule has 4 nitrogen and oxygen atoms in total. The van der Waals surface area contributed by atoms with Gasteiger partial charge in [0.15, 0.2) is 5.76 Å². The minimum Gasteiger partial charge on any atom is -0.465 e. The van der Waals surface area contributed by atoms with Crippen LogP contribution in [0.25, 0.3) is 28.5 Å². The van der Waals surface area contributed by atoms with E-state index in [0.29, 0.717) is 6.61 Å². The normalized spacial score (nSPS) is 14.2. The Labute approximate surface area is 212 Å². The van der Waals surface area contributed by atoms with Gasteiger partial charge in [-0.15, -0.1) is 0 Å². The fourth-order valence-electron chi connectivity index (χ4n) is 4.81. The van der Waals surface area contributed by atoms with E-state index in [0.717, 1.165) is 65.0 Å². The third-order valence-corrected chi connectivity index (χ3v) is 6.95. The molecule has 1 saturated carbocycles. The Balaban J connectivity index is 1.37. The zero-order valence-corrected chi connectivity index (χ0v) is 20.9. The molecule has 182 valence electrons. The van der Waals surface area contributed by atoms with Crippen molar-refractivity contribution >= 4 is 12.0 Å². The van der Waals surface area contributed by atoms with Crippen LogP contribution in [0.5, 0.6) is 0 Å². The Morgan fingerprint density at radius 1 is 0.972 bits per heavy atom. The predicted octanol–water partition coefficient (Wildman–Crippen LogP) is 7.56. The number of benzene rings is 3. The van der Waals surface area contributed by atoms with Crippen LogP contribution in [-0.4, -0.2) is 17.7 Å². The molecule has 0 radical (unpaired) electrons. The van der Waals surface area contributed by atoms with Crippen molar-refractivity contribution in [3.63, 3.8) is 0 Å². The lowest BCUT2D eigenvalue weighted by Gasteiger charge is -2.18. The number of aryl methyl sites for hydroxylation is 2. The fraction of sp³-hybridized carbons (Fsp3) is 0.250. The predicted molar refractivity (Wildman–Crippen MR) is 143 cm³/mol. The van der Waals surface area contributed by atoms with Crippen molar-refractivity contribution in [2.24, 2.45) is 0 Å². The molecule has 4 aromatic rings. The molecule has 0 saturated heterocycles. The lowest BCUT2D eigenvalue weighted by Crippen LogP contribution is -2.23. The maximum atomic E-state index is 12.7. The van der Waals surface area contributed by atoms with Gasteiger partial charge < -0.3 is 9.26 Å². The molecule has 1 heterocycles. The van der Waals surface area contributed by atoms with Gasteiger partial charge in [0.05, 0.1) is 17.7 Å². The van der Waals surface area contributed by atoms with Gasteiger partial charge in [0.25, 0.3) is 0 Å². The standard InChI is InChI=1S/C32H31NO3/c1-3-35-31(34)32(21-22-32)29-16-10-9-15-28(29)25-17-19-26(20-18-25)30-27(23(2)33-36-30)14-8-7-13-24-11-5-4-6-12-24/h4-6,8-12,14-20H,3,7,13,21-22H2,1-2H3/b14-8+. The second-order valence-corrected chi connectivity index (χ2v) is 9.36. The fourth-order valence-corrected chi connectivity index (χ4v) is 4.81. The van der Waals surface area contributed by atoms with Gasteiger partial charge in [0, 0.05) is 11.1 Å². The van der Waals surface area contributed by atoms with Gasteiger partial charge in [0.2, 0.25) is 0 Å². The van der Waals surface area contributed by atoms with Crippen LogP contribution in [0.2, 0.25) is 0 Å². The summed E-state index contributed by atoms with van der Waals surface area (Å²) in [7, 11) is 0. The monoisotopic (exact) mass is 477 g/mol. The van der Waals surface area contributed by atoms with E-state index >= 15 is 0 Å². The Kier molecular flexibility index (Phi) is 6.86. The number of hydrogen-bond donors (Lipinski definition) is 0. The van der Waals surface area contributed by atoms with Crippen LogP contribution >= 0.6 is 0 Å². The van der Waals surface area contributed by atoms with Crippen molar-refractivity contribution in [3.05, 3.63) is 107 Å². The Morgan fingerprint density at radius 2 is 1.67 bits per heavy atom. The summed E-state index contributed by atoms with van der Waals surface area (Å²) in [5.41, 5.74) is 6.88. The summed E-state index contributed by atoms with van der Waals surface area (Å²) in [5, 5.41) is 4.22. The number of hydrogen-bond acceptors (Lipinski definition) is 4. The van der Waals surface area contributed by atoms with Gasteiger partial charge in [-0.25, -0.2) is 0 Å². The topological polar surface area (TPSA) is 52.3 Å². The number of rotatable bonds is 9. The van der Waals surface area contributed by atoms with Gasteiger partial charge in [-0.1, -0.05) is 96.2 Å². The summed E-state index contributed by atoms with van der Waals surface area (Å²) >= 11 is 0. The van der Waals surface area contributed by atoms with E-state index in [1.807, 2.05) is 32.0 Å². The summed E-state index contributed by atoms with van der Waals surface area (Å²) < 4.78 is 11.1. The van der Waals surface area contributed by atoms with Crippen LogP contribution < -0.4 is 0 Å². The summed E-state index contributed by atoms with van der Waals surface area (Å²) in [6.45, 7) is 4.23. The lowest BCUT2D eigenvalue weighted by molar-refractivity contribution is -0.146. The first-order valence-electron chi connectivity index (χ1n) is 12.7. The number of carbonyl (C=O) groups is 1. The maximum absolute atomic E-state index is 12.7. The van der Waals surface area contributed by atoms with E-state index in [1.165, 1.54) is 5.56 Å². The highest BCUT2D eigenvalue weighted by Gasteiger charge is 2.53. The molecule has 3 aromatic carbocycles. The van der Waals surface area contributed by atoms with Gasteiger partial charge in [-0.3, -0.25) is 4.79 Å². The minimum atomic E-state index is -0.509. The van der Waals surface area contributed by atoms with Gasteiger partial charge in [-0.2, -0.15) is 0 Å². The zero-order chi connectivity index (χ0) is 25.0. The number of nitrogens with zero attached hydrogens (tertiary/aromatic N) is 1. The average Bonchev–Trinajstić information content (AvgIpc) is 3.65. The summed E-state index contributed by atoms with van der Waals surface area (Å²) in [5.74, 6) is 0.656. The van der Waals surface area contributed by atoms with E-state index in [-0.39, 0.29) is 5.97 Å². The van der Waals surface area contributed by atoms with Crippen LogP contribution in [0.4, 0.5) is 0 Å². The van der Waals surface area contributed by atoms with E-state index in [2.05, 4.69) is 78.0 Å². The van der Waals surface area contributed by atoms with E-state index < -0.39 is 5.41 Å². The molecular weight excluding hydrogens is 446 g/mol. The zero-order valence-electron chi connectivity index (χ0n) is 20.9. The molecular formula is C32H31NO3. The summed E-state index contributed by atoms with van der Waals surface area (Å²) in [4.78, 5) is 12.7. The Hall–Kier alpha value is -3.92. The van der Waals surface area contributed by atoms with Crippen molar-refractivity contribution in [2.75, 3.05) is 6.61 Å². The van der Waals surface area contributed by atoms with Gasteiger partial charge >= 0.3 is 5.97 Å². The third kappa shape index (κ3) is 4.76. The van der Waals surface area contributed by atoms with Gasteiger partial charge in [-0.05, 0) is 61.8 Å². The maximum Gasteiger partial charge on any atom is 0.316 e. The van der Waals surface area contributed by atoms with Crippen molar-refractivity contribution < 1.29 is 14.1 Å². The number of carbonyl (C=O) groups excluding carboxylic acids is 1. The SMILES string of the molecule is CCOC(=O)C1(c2ccccc2-c2ccc(-c3onc(C)c3/C=C/CCc3ccccc3)cc2)CC1. The van der Waals surface area contributed by atoms with Crippen LogP contribution in [0.3, 0.4) is 0 Å². The molecule has 0 aliphatic heterocycles. The first-order chi connectivity index (χ1) is 17.6. The van der Waals surface area contributed by atoms with Crippen molar-refractivity contribution in [3.8, 4) is 22.5 Å². The van der Waals surface area contributed by atoms with Crippen molar-refractivity contribution in [1.29, 1.82) is 0 Å². The van der Waals surface area contributed by atoms with Gasteiger partial charge in [0.1, 0.15) is 0 Å². The highest BCUT2D eigenvalue weighted by molar-refractivity contribution is 5.90. The van der Waals surface area contributed by atoms with Crippen LogP contribution in [0.15, 0.2) is 89.5 Å². The highest BCUT2D eigenvalue weighted by Crippen LogP contribution is 2.52. The molecule has 0 N–H and O–H groups in total. The average molecular weight is 478 g/mol. The summed E-state index contributed by atoms with van der Waals surface area (Å²) in [6, 6.07) is 27.0. The van der Waals surface area contributed by atoms with Crippen LogP contribution in [0.1, 0.15) is 48.6 Å². The summed E-state index contributed by atoms with van der Waals surface area (Å²) in [6.07, 6.45) is 7.91. The molecule has 4 heteroatoms. The Morgan fingerprint density at radius 3 is 2.39 bits per heavy atom. The highest BCUT2D eigenvalue weighted by atomic mass is 16.5. The Bertz CT molecular complexity index is 1360. The first kappa shape index (κ1) is 23.8. The first-order valence-corrected chi connectivity index (χ1v) is 12.7. The van der Waals surface area contributed by atoms with E-state index in [1.54, 1.807) is 0 Å². The largest absolute Gasteiger partial charge is 0.465 e.